The molecular weight excluding hydrogens is 400 g/mol. The summed E-state index contributed by atoms with van der Waals surface area (Å²) in [6.07, 6.45) is 3.23. The lowest BCUT2D eigenvalue weighted by Crippen LogP contribution is -2.49. The van der Waals surface area contributed by atoms with Crippen LogP contribution in [0.3, 0.4) is 0 Å². The first-order chi connectivity index (χ1) is 13.9. The number of benzene rings is 1. The van der Waals surface area contributed by atoms with Crippen molar-refractivity contribution in [2.45, 2.75) is 4.90 Å². The predicted molar refractivity (Wildman–Crippen MR) is 105 cm³/mol. The van der Waals surface area contributed by atoms with E-state index in [9.17, 15) is 18.5 Å². The zero-order chi connectivity index (χ0) is 20.6. The Morgan fingerprint density at radius 3 is 2.62 bits per heavy atom. The van der Waals surface area contributed by atoms with Crippen molar-refractivity contribution < 1.29 is 18.1 Å². The second-order valence-corrected chi connectivity index (χ2v) is 8.33. The Morgan fingerprint density at radius 1 is 1.17 bits per heavy atom. The standard InChI is InChI=1S/C17H18N6O5S/c1-28-12-2-3-15(14(10-12)23(24)25)29(26,27)22-8-6-21(7-9-22)17-13-4-5-18-16(13)19-11-20-17/h2-5,10-11H,6-9H2,1H3,(H,18,19,20). The molecule has 0 aliphatic carbocycles. The summed E-state index contributed by atoms with van der Waals surface area (Å²) in [5, 5.41) is 12.3. The molecular formula is C17H18N6O5S. The van der Waals surface area contributed by atoms with Gasteiger partial charge in [-0.2, -0.15) is 4.31 Å². The average molecular weight is 418 g/mol. The number of nitrogens with zero attached hydrogens (tertiary/aromatic N) is 5. The maximum Gasteiger partial charge on any atom is 0.293 e. The molecule has 1 aliphatic rings. The lowest BCUT2D eigenvalue weighted by molar-refractivity contribution is -0.387. The van der Waals surface area contributed by atoms with Gasteiger partial charge in [-0.15, -0.1) is 0 Å². The van der Waals surface area contributed by atoms with Crippen LogP contribution in [0.4, 0.5) is 11.5 Å². The Bertz CT molecular complexity index is 1170. The van der Waals surface area contributed by atoms with E-state index in [1.165, 1.54) is 29.9 Å². The molecule has 0 bridgehead atoms. The van der Waals surface area contributed by atoms with Crippen LogP contribution in [0.2, 0.25) is 0 Å². The van der Waals surface area contributed by atoms with Crippen molar-refractivity contribution in [3.05, 3.63) is 46.9 Å². The highest BCUT2D eigenvalue weighted by Crippen LogP contribution is 2.31. The number of aromatic nitrogens is 3. The van der Waals surface area contributed by atoms with Gasteiger partial charge >= 0.3 is 0 Å². The second kappa shape index (κ2) is 7.29. The second-order valence-electron chi connectivity index (χ2n) is 6.42. The summed E-state index contributed by atoms with van der Waals surface area (Å²) in [7, 11) is -2.67. The largest absolute Gasteiger partial charge is 0.497 e. The van der Waals surface area contributed by atoms with E-state index in [4.69, 9.17) is 4.74 Å². The summed E-state index contributed by atoms with van der Waals surface area (Å²) >= 11 is 0. The van der Waals surface area contributed by atoms with E-state index in [2.05, 4.69) is 15.0 Å². The van der Waals surface area contributed by atoms with E-state index in [-0.39, 0.29) is 23.7 Å². The van der Waals surface area contributed by atoms with E-state index in [1.54, 1.807) is 6.20 Å². The molecule has 0 saturated carbocycles. The van der Waals surface area contributed by atoms with Crippen LogP contribution >= 0.6 is 0 Å². The number of nitrogens with one attached hydrogen (secondary N) is 1. The summed E-state index contributed by atoms with van der Waals surface area (Å²) in [5.41, 5.74) is 0.204. The number of hydrogen-bond acceptors (Lipinski definition) is 8. The van der Waals surface area contributed by atoms with E-state index in [1.807, 2.05) is 11.0 Å². The molecule has 3 heterocycles. The number of piperazine rings is 1. The monoisotopic (exact) mass is 418 g/mol. The van der Waals surface area contributed by atoms with Gasteiger partial charge in [0.2, 0.25) is 10.0 Å². The van der Waals surface area contributed by atoms with Gasteiger partial charge in [-0.3, -0.25) is 10.1 Å². The van der Waals surface area contributed by atoms with Crippen LogP contribution < -0.4 is 9.64 Å². The minimum absolute atomic E-state index is 0.182. The van der Waals surface area contributed by atoms with Gasteiger partial charge in [-0.25, -0.2) is 18.4 Å². The Balaban J connectivity index is 1.58. The van der Waals surface area contributed by atoms with Crippen LogP contribution in [0.1, 0.15) is 0 Å². The number of methoxy groups -OCH3 is 1. The molecule has 0 unspecified atom stereocenters. The number of hydrogen-bond donors (Lipinski definition) is 1. The summed E-state index contributed by atoms with van der Waals surface area (Å²) in [6.45, 7) is 1.17. The number of aromatic amines is 1. The Hall–Kier alpha value is -3.25. The molecule has 12 heteroatoms. The van der Waals surface area contributed by atoms with Crippen molar-refractivity contribution in [1.82, 2.24) is 19.3 Å². The fraction of sp³-hybridized carbons (Fsp3) is 0.294. The number of nitro groups is 1. The summed E-state index contributed by atoms with van der Waals surface area (Å²) in [6, 6.07) is 5.60. The molecule has 0 amide bonds. The Labute approximate surface area is 166 Å². The molecule has 152 valence electrons. The van der Waals surface area contributed by atoms with Crippen molar-refractivity contribution in [3.63, 3.8) is 0 Å². The van der Waals surface area contributed by atoms with Crippen molar-refractivity contribution in [2.75, 3.05) is 38.2 Å². The maximum absolute atomic E-state index is 13.1. The lowest BCUT2D eigenvalue weighted by Gasteiger charge is -2.34. The maximum atomic E-state index is 13.1. The fourth-order valence-electron chi connectivity index (χ4n) is 3.38. The number of ether oxygens (including phenoxy) is 1. The zero-order valence-electron chi connectivity index (χ0n) is 15.5. The summed E-state index contributed by atoms with van der Waals surface area (Å²) < 4.78 is 32.3. The molecule has 4 rings (SSSR count). The first-order valence-electron chi connectivity index (χ1n) is 8.77. The van der Waals surface area contributed by atoms with Crippen LogP contribution in [0.15, 0.2) is 41.7 Å². The van der Waals surface area contributed by atoms with E-state index in [0.29, 0.717) is 18.7 Å². The SMILES string of the molecule is COc1ccc(S(=O)(=O)N2CCN(c3ncnc4[nH]ccc34)CC2)c([N+](=O)[O-])c1. The van der Waals surface area contributed by atoms with Crippen LogP contribution in [-0.2, 0) is 10.0 Å². The minimum atomic E-state index is -4.03. The van der Waals surface area contributed by atoms with Crippen LogP contribution in [-0.4, -0.2) is 65.9 Å². The van der Waals surface area contributed by atoms with Crippen molar-refractivity contribution in [3.8, 4) is 5.75 Å². The van der Waals surface area contributed by atoms with Gasteiger partial charge in [0.1, 0.15) is 23.5 Å². The van der Waals surface area contributed by atoms with Gasteiger partial charge in [0.25, 0.3) is 5.69 Å². The van der Waals surface area contributed by atoms with Crippen molar-refractivity contribution in [1.29, 1.82) is 0 Å². The number of anilines is 1. The highest BCUT2D eigenvalue weighted by Gasteiger charge is 2.34. The molecule has 1 N–H and O–H groups in total. The molecule has 0 spiro atoms. The molecule has 29 heavy (non-hydrogen) atoms. The predicted octanol–water partition coefficient (Wildman–Crippen LogP) is 1.39. The van der Waals surface area contributed by atoms with Gasteiger partial charge < -0.3 is 14.6 Å². The van der Waals surface area contributed by atoms with Crippen LogP contribution in [0.25, 0.3) is 11.0 Å². The topological polar surface area (TPSA) is 135 Å². The molecule has 2 aromatic heterocycles. The van der Waals surface area contributed by atoms with Crippen LogP contribution in [0, 0.1) is 10.1 Å². The molecule has 1 aromatic carbocycles. The van der Waals surface area contributed by atoms with Gasteiger partial charge in [0.05, 0.1) is 23.5 Å². The number of rotatable bonds is 5. The fourth-order valence-corrected chi connectivity index (χ4v) is 4.93. The Morgan fingerprint density at radius 2 is 1.93 bits per heavy atom. The van der Waals surface area contributed by atoms with Gasteiger partial charge in [-0.1, -0.05) is 0 Å². The smallest absolute Gasteiger partial charge is 0.293 e. The van der Waals surface area contributed by atoms with E-state index < -0.39 is 20.6 Å². The lowest BCUT2D eigenvalue weighted by atomic mass is 10.3. The third-order valence-corrected chi connectivity index (χ3v) is 6.80. The first kappa shape index (κ1) is 19.1. The molecule has 1 saturated heterocycles. The quantitative estimate of drug-likeness (QED) is 0.485. The van der Waals surface area contributed by atoms with Crippen LogP contribution in [0.5, 0.6) is 5.75 Å². The molecule has 11 nitrogen and oxygen atoms in total. The Kier molecular flexibility index (Phi) is 4.80. The highest BCUT2D eigenvalue weighted by molar-refractivity contribution is 7.89. The molecule has 0 atom stereocenters. The van der Waals surface area contributed by atoms with Crippen molar-refractivity contribution in [2.24, 2.45) is 0 Å². The third kappa shape index (κ3) is 3.36. The number of H-pyrrole nitrogens is 1. The number of sulfonamides is 1. The van der Waals surface area contributed by atoms with Gasteiger partial charge in [-0.05, 0) is 18.2 Å². The van der Waals surface area contributed by atoms with Crippen molar-refractivity contribution >= 4 is 32.6 Å². The molecule has 0 radical (unpaired) electrons. The molecule has 1 fully saturated rings. The van der Waals surface area contributed by atoms with E-state index >= 15 is 0 Å². The van der Waals surface area contributed by atoms with E-state index in [0.717, 1.165) is 17.3 Å². The average Bonchev–Trinajstić information content (AvgIpc) is 3.22. The summed E-state index contributed by atoms with van der Waals surface area (Å²) in [4.78, 5) is 23.8. The van der Waals surface area contributed by atoms with Gasteiger partial charge in [0, 0.05) is 32.4 Å². The van der Waals surface area contributed by atoms with Gasteiger partial charge in [0.15, 0.2) is 4.90 Å². The third-order valence-electron chi connectivity index (χ3n) is 4.85. The number of nitro benzene ring substituents is 1. The zero-order valence-corrected chi connectivity index (χ0v) is 16.3. The number of fused-ring (bicyclic) bond motifs is 1. The normalized spacial score (nSPS) is 15.6. The molecule has 1 aliphatic heterocycles. The highest BCUT2D eigenvalue weighted by atomic mass is 32.2. The minimum Gasteiger partial charge on any atom is -0.497 e. The first-order valence-corrected chi connectivity index (χ1v) is 10.2. The molecule has 3 aromatic rings. The summed E-state index contributed by atoms with van der Waals surface area (Å²) in [5.74, 6) is 0.948.